The van der Waals surface area contributed by atoms with Gasteiger partial charge >= 0.3 is 0 Å². The first-order valence-corrected chi connectivity index (χ1v) is 8.66. The summed E-state index contributed by atoms with van der Waals surface area (Å²) in [4.78, 5) is 0. The van der Waals surface area contributed by atoms with E-state index in [9.17, 15) is 0 Å². The van der Waals surface area contributed by atoms with Crippen molar-refractivity contribution < 1.29 is 4.74 Å². The van der Waals surface area contributed by atoms with Gasteiger partial charge in [0.2, 0.25) is 0 Å². The third kappa shape index (κ3) is 2.78. The van der Waals surface area contributed by atoms with Crippen LogP contribution in [0.5, 0.6) is 5.75 Å². The van der Waals surface area contributed by atoms with Crippen LogP contribution in [0.15, 0.2) is 48.7 Å². The van der Waals surface area contributed by atoms with Crippen LogP contribution in [0.1, 0.15) is 30.1 Å². The van der Waals surface area contributed by atoms with Crippen LogP contribution < -0.4 is 10.1 Å². The number of benzene rings is 2. The van der Waals surface area contributed by atoms with Gasteiger partial charge in [-0.05, 0) is 48.7 Å². The molecule has 0 aliphatic carbocycles. The highest BCUT2D eigenvalue weighted by Crippen LogP contribution is 2.29. The van der Waals surface area contributed by atoms with Crippen LogP contribution in [0.3, 0.4) is 0 Å². The van der Waals surface area contributed by atoms with Gasteiger partial charge < -0.3 is 10.1 Å². The number of aryl methyl sites for hydroxylation is 1. The predicted octanol–water partition coefficient (Wildman–Crippen LogP) is 3.71. The second-order valence-electron chi connectivity index (χ2n) is 6.35. The topological polar surface area (TPSA) is 39.1 Å². The molecule has 1 N–H and O–H groups in total. The summed E-state index contributed by atoms with van der Waals surface area (Å²) >= 11 is 0. The quantitative estimate of drug-likeness (QED) is 0.778. The molecule has 124 valence electrons. The molecule has 0 spiro atoms. The van der Waals surface area contributed by atoms with Crippen LogP contribution in [0, 0.1) is 0 Å². The van der Waals surface area contributed by atoms with Crippen LogP contribution in [0.4, 0.5) is 0 Å². The lowest BCUT2D eigenvalue weighted by Crippen LogP contribution is -2.29. The van der Waals surface area contributed by atoms with Crippen LogP contribution >= 0.6 is 0 Å². The van der Waals surface area contributed by atoms with Crippen molar-refractivity contribution in [3.8, 4) is 5.75 Å². The van der Waals surface area contributed by atoms with Gasteiger partial charge in [0.15, 0.2) is 0 Å². The van der Waals surface area contributed by atoms with E-state index in [1.165, 1.54) is 34.9 Å². The summed E-state index contributed by atoms with van der Waals surface area (Å²) in [6.45, 7) is 1.97. The molecule has 1 unspecified atom stereocenters. The van der Waals surface area contributed by atoms with Gasteiger partial charge in [0, 0.05) is 24.3 Å². The summed E-state index contributed by atoms with van der Waals surface area (Å²) in [5, 5.41) is 10.7. The first-order chi connectivity index (χ1) is 11.9. The van der Waals surface area contributed by atoms with Crippen LogP contribution in [0.2, 0.25) is 0 Å². The Morgan fingerprint density at radius 2 is 2.12 bits per heavy atom. The predicted molar refractivity (Wildman–Crippen MR) is 96.4 cm³/mol. The molecule has 3 aromatic rings. The van der Waals surface area contributed by atoms with Crippen molar-refractivity contribution >= 4 is 10.8 Å². The summed E-state index contributed by atoms with van der Waals surface area (Å²) in [7, 11) is 1.75. The molecule has 1 aliphatic heterocycles. The fourth-order valence-corrected chi connectivity index (χ4v) is 3.76. The summed E-state index contributed by atoms with van der Waals surface area (Å²) in [6, 6.07) is 15.3. The lowest BCUT2D eigenvalue weighted by molar-refractivity contribution is 0.375. The highest BCUT2D eigenvalue weighted by molar-refractivity contribution is 5.87. The standard InChI is InChI=1S/C20H23N3O/c1-24-20-9-8-15-5-2-3-6-16(15)17(20)10-12-21-18-7-4-14-23-19(18)11-13-22-23/h2-3,5-6,8-9,11,13,18,21H,4,7,10,12,14H2,1H3. The number of nitrogens with zero attached hydrogens (tertiary/aromatic N) is 2. The van der Waals surface area contributed by atoms with Gasteiger partial charge in [0.25, 0.3) is 0 Å². The largest absolute Gasteiger partial charge is 0.496 e. The van der Waals surface area contributed by atoms with Crippen molar-refractivity contribution in [2.75, 3.05) is 13.7 Å². The molecule has 1 atom stereocenters. The van der Waals surface area contributed by atoms with E-state index in [0.29, 0.717) is 6.04 Å². The molecule has 0 radical (unpaired) electrons. The monoisotopic (exact) mass is 321 g/mol. The van der Waals surface area contributed by atoms with Gasteiger partial charge in [0.1, 0.15) is 5.75 Å². The molecule has 4 rings (SSSR count). The van der Waals surface area contributed by atoms with Crippen LogP contribution in [-0.2, 0) is 13.0 Å². The number of fused-ring (bicyclic) bond motifs is 2. The summed E-state index contributed by atoms with van der Waals surface area (Å²) in [5.41, 5.74) is 2.60. The lowest BCUT2D eigenvalue weighted by Gasteiger charge is -2.25. The minimum Gasteiger partial charge on any atom is -0.496 e. The normalized spacial score (nSPS) is 17.0. The molecule has 1 aliphatic rings. The number of hydrogen-bond acceptors (Lipinski definition) is 3. The Hall–Kier alpha value is -2.33. The van der Waals surface area contributed by atoms with E-state index >= 15 is 0 Å². The Bertz CT molecular complexity index is 840. The molecule has 2 heterocycles. The molecule has 2 aromatic carbocycles. The molecule has 24 heavy (non-hydrogen) atoms. The highest BCUT2D eigenvalue weighted by Gasteiger charge is 2.20. The Labute approximate surface area is 142 Å². The number of ether oxygens (including phenoxy) is 1. The van der Waals surface area contributed by atoms with E-state index in [4.69, 9.17) is 4.74 Å². The van der Waals surface area contributed by atoms with E-state index in [2.05, 4.69) is 57.6 Å². The molecule has 0 saturated carbocycles. The van der Waals surface area contributed by atoms with E-state index in [-0.39, 0.29) is 0 Å². The van der Waals surface area contributed by atoms with Crippen molar-refractivity contribution in [1.29, 1.82) is 0 Å². The summed E-state index contributed by atoms with van der Waals surface area (Å²) < 4.78 is 7.72. The van der Waals surface area contributed by atoms with E-state index in [1.54, 1.807) is 7.11 Å². The van der Waals surface area contributed by atoms with Crippen molar-refractivity contribution in [2.24, 2.45) is 0 Å². The maximum absolute atomic E-state index is 5.60. The zero-order valence-electron chi connectivity index (χ0n) is 14.0. The van der Waals surface area contributed by atoms with Crippen molar-refractivity contribution in [2.45, 2.75) is 31.8 Å². The molecule has 0 amide bonds. The molecule has 0 fully saturated rings. The van der Waals surface area contributed by atoms with E-state index in [1.807, 2.05) is 6.20 Å². The first-order valence-electron chi connectivity index (χ1n) is 8.66. The van der Waals surface area contributed by atoms with E-state index < -0.39 is 0 Å². The van der Waals surface area contributed by atoms with Gasteiger partial charge in [-0.15, -0.1) is 0 Å². The SMILES string of the molecule is COc1ccc2ccccc2c1CCNC1CCCn2nccc21. The lowest BCUT2D eigenvalue weighted by atomic mass is 10.00. The summed E-state index contributed by atoms with van der Waals surface area (Å²) in [5.74, 6) is 0.976. The Kier molecular flexibility index (Phi) is 4.22. The number of methoxy groups -OCH3 is 1. The van der Waals surface area contributed by atoms with Crippen molar-refractivity contribution in [3.05, 3.63) is 59.9 Å². The third-order valence-electron chi connectivity index (χ3n) is 4.95. The highest BCUT2D eigenvalue weighted by atomic mass is 16.5. The Balaban J connectivity index is 1.52. The maximum atomic E-state index is 5.60. The average Bonchev–Trinajstić information content (AvgIpc) is 3.11. The van der Waals surface area contributed by atoms with Gasteiger partial charge in [-0.25, -0.2) is 0 Å². The summed E-state index contributed by atoms with van der Waals surface area (Å²) in [6.07, 6.45) is 5.22. The number of hydrogen-bond donors (Lipinski definition) is 1. The molecule has 0 bridgehead atoms. The molecule has 4 nitrogen and oxygen atoms in total. The zero-order valence-corrected chi connectivity index (χ0v) is 14.0. The van der Waals surface area contributed by atoms with Crippen LogP contribution in [-0.4, -0.2) is 23.4 Å². The van der Waals surface area contributed by atoms with E-state index in [0.717, 1.165) is 25.3 Å². The second-order valence-corrected chi connectivity index (χ2v) is 6.35. The maximum Gasteiger partial charge on any atom is 0.122 e. The second kappa shape index (κ2) is 6.65. The minimum absolute atomic E-state index is 0.405. The fourth-order valence-electron chi connectivity index (χ4n) is 3.76. The third-order valence-corrected chi connectivity index (χ3v) is 4.95. The fraction of sp³-hybridized carbons (Fsp3) is 0.350. The number of nitrogens with one attached hydrogen (secondary N) is 1. The number of aromatic nitrogens is 2. The van der Waals surface area contributed by atoms with Gasteiger partial charge in [-0.1, -0.05) is 30.3 Å². The van der Waals surface area contributed by atoms with Gasteiger partial charge in [0.05, 0.1) is 12.8 Å². The van der Waals surface area contributed by atoms with Crippen molar-refractivity contribution in [1.82, 2.24) is 15.1 Å². The molecule has 1 aromatic heterocycles. The van der Waals surface area contributed by atoms with Gasteiger partial charge in [-0.3, -0.25) is 4.68 Å². The molecular weight excluding hydrogens is 298 g/mol. The molecular formula is C20H23N3O. The number of rotatable bonds is 5. The van der Waals surface area contributed by atoms with Crippen LogP contribution in [0.25, 0.3) is 10.8 Å². The Morgan fingerprint density at radius 3 is 3.04 bits per heavy atom. The zero-order chi connectivity index (χ0) is 16.4. The molecule has 4 heteroatoms. The Morgan fingerprint density at radius 1 is 1.21 bits per heavy atom. The molecule has 0 saturated heterocycles. The van der Waals surface area contributed by atoms with Gasteiger partial charge in [-0.2, -0.15) is 5.10 Å². The van der Waals surface area contributed by atoms with Crippen molar-refractivity contribution in [3.63, 3.8) is 0 Å². The first kappa shape index (κ1) is 15.2. The minimum atomic E-state index is 0.405. The smallest absolute Gasteiger partial charge is 0.122 e. The average molecular weight is 321 g/mol.